The standard InChI is InChI=1S/C25H37N5O4/c1-25(2,3)34-24(33)30-14-10-18(11-15-30)17-8-12-29(13-9-17)21-6-4-19(16-26-21)27-20-5-7-22(31)28-23(20)32/h4,6,16-18,20,27H,5,7-15H2,1-3H3,(H,28,31,32). The number of likely N-dealkylation sites (tertiary alicyclic amines) is 1. The number of nitrogens with one attached hydrogen (secondary N) is 2. The number of anilines is 2. The van der Waals surface area contributed by atoms with Gasteiger partial charge in [0.05, 0.1) is 11.9 Å². The number of ether oxygens (including phenoxy) is 1. The lowest BCUT2D eigenvalue weighted by Gasteiger charge is -2.40. The number of amides is 3. The Labute approximate surface area is 201 Å². The van der Waals surface area contributed by atoms with E-state index in [1.165, 1.54) is 0 Å². The largest absolute Gasteiger partial charge is 0.444 e. The maximum Gasteiger partial charge on any atom is 0.410 e. The Hall–Kier alpha value is -2.84. The average Bonchev–Trinajstić information content (AvgIpc) is 2.81. The van der Waals surface area contributed by atoms with Gasteiger partial charge >= 0.3 is 6.09 Å². The average molecular weight is 472 g/mol. The van der Waals surface area contributed by atoms with Gasteiger partial charge in [-0.1, -0.05) is 0 Å². The van der Waals surface area contributed by atoms with Crippen molar-refractivity contribution in [1.29, 1.82) is 0 Å². The van der Waals surface area contributed by atoms with E-state index in [0.717, 1.165) is 63.4 Å². The van der Waals surface area contributed by atoms with Gasteiger partial charge in [0.2, 0.25) is 11.8 Å². The fourth-order valence-electron chi connectivity index (χ4n) is 5.17. The van der Waals surface area contributed by atoms with Crippen molar-refractivity contribution >= 4 is 29.4 Å². The molecule has 3 saturated heterocycles. The second-order valence-electron chi connectivity index (χ2n) is 10.7. The highest BCUT2D eigenvalue weighted by Gasteiger charge is 2.32. The van der Waals surface area contributed by atoms with Gasteiger partial charge in [0.25, 0.3) is 0 Å². The summed E-state index contributed by atoms with van der Waals surface area (Å²) in [5, 5.41) is 5.54. The highest BCUT2D eigenvalue weighted by atomic mass is 16.6. The first-order valence-corrected chi connectivity index (χ1v) is 12.5. The van der Waals surface area contributed by atoms with E-state index in [4.69, 9.17) is 4.74 Å². The number of nitrogens with zero attached hydrogens (tertiary/aromatic N) is 3. The van der Waals surface area contributed by atoms with Gasteiger partial charge in [0, 0.05) is 32.6 Å². The SMILES string of the molecule is CC(C)(C)OC(=O)N1CCC(C2CCN(c3ccc(NC4CCC(=O)NC4=O)cn3)CC2)CC1. The summed E-state index contributed by atoms with van der Waals surface area (Å²) < 4.78 is 5.52. The third kappa shape index (κ3) is 6.18. The number of imide groups is 1. The van der Waals surface area contributed by atoms with Crippen LogP contribution in [0, 0.1) is 11.8 Å². The normalized spacial score (nSPS) is 23.0. The minimum absolute atomic E-state index is 0.192. The molecule has 0 bridgehead atoms. The molecular weight excluding hydrogens is 434 g/mol. The van der Waals surface area contributed by atoms with E-state index < -0.39 is 11.6 Å². The number of hydrogen-bond donors (Lipinski definition) is 2. The van der Waals surface area contributed by atoms with Gasteiger partial charge in [-0.3, -0.25) is 14.9 Å². The fourth-order valence-corrected chi connectivity index (χ4v) is 5.17. The lowest BCUT2D eigenvalue weighted by atomic mass is 9.79. The zero-order valence-corrected chi connectivity index (χ0v) is 20.5. The van der Waals surface area contributed by atoms with Gasteiger partial charge in [0.1, 0.15) is 17.5 Å². The summed E-state index contributed by atoms with van der Waals surface area (Å²) in [4.78, 5) is 44.3. The molecule has 3 aliphatic heterocycles. The molecule has 3 fully saturated rings. The van der Waals surface area contributed by atoms with E-state index in [1.54, 1.807) is 6.20 Å². The van der Waals surface area contributed by atoms with Gasteiger partial charge in [0.15, 0.2) is 0 Å². The maximum atomic E-state index is 12.3. The molecule has 9 nitrogen and oxygen atoms in total. The van der Waals surface area contributed by atoms with Crippen molar-refractivity contribution in [2.24, 2.45) is 11.8 Å². The van der Waals surface area contributed by atoms with Crippen LogP contribution in [0.1, 0.15) is 59.3 Å². The molecule has 0 radical (unpaired) electrons. The number of rotatable bonds is 4. The molecule has 9 heteroatoms. The van der Waals surface area contributed by atoms with Crippen molar-refractivity contribution in [1.82, 2.24) is 15.2 Å². The van der Waals surface area contributed by atoms with Gasteiger partial charge < -0.3 is 19.9 Å². The molecule has 3 amide bonds. The number of piperidine rings is 3. The molecule has 3 aliphatic rings. The summed E-state index contributed by atoms with van der Waals surface area (Å²) in [7, 11) is 0. The Kier molecular flexibility index (Phi) is 7.28. The zero-order valence-electron chi connectivity index (χ0n) is 20.5. The molecule has 1 unspecified atom stereocenters. The molecule has 186 valence electrons. The summed E-state index contributed by atoms with van der Waals surface area (Å²) >= 11 is 0. The highest BCUT2D eigenvalue weighted by Crippen LogP contribution is 2.34. The Morgan fingerprint density at radius 1 is 1.03 bits per heavy atom. The molecule has 2 N–H and O–H groups in total. The van der Waals surface area contributed by atoms with Crippen molar-refractivity contribution in [3.63, 3.8) is 0 Å². The smallest absolute Gasteiger partial charge is 0.410 e. The first-order chi connectivity index (χ1) is 16.2. The van der Waals surface area contributed by atoms with Gasteiger partial charge in [-0.25, -0.2) is 9.78 Å². The van der Waals surface area contributed by atoms with E-state index in [1.807, 2.05) is 37.8 Å². The Bertz CT molecular complexity index is 882. The van der Waals surface area contributed by atoms with E-state index >= 15 is 0 Å². The predicted molar refractivity (Wildman–Crippen MR) is 129 cm³/mol. The Balaban J connectivity index is 1.22. The summed E-state index contributed by atoms with van der Waals surface area (Å²) in [6.45, 7) is 9.23. The molecule has 0 aromatic carbocycles. The summed E-state index contributed by atoms with van der Waals surface area (Å²) in [5.74, 6) is 1.80. The van der Waals surface area contributed by atoms with Gasteiger partial charge in [-0.05, 0) is 76.8 Å². The van der Waals surface area contributed by atoms with Crippen LogP contribution in [0.4, 0.5) is 16.3 Å². The van der Waals surface area contributed by atoms with E-state index in [2.05, 4.69) is 20.5 Å². The highest BCUT2D eigenvalue weighted by molar-refractivity contribution is 6.01. The second kappa shape index (κ2) is 10.2. The number of pyridine rings is 1. The van der Waals surface area contributed by atoms with Gasteiger partial charge in [-0.15, -0.1) is 0 Å². The first kappa shape index (κ1) is 24.3. The van der Waals surface area contributed by atoms with Crippen LogP contribution in [0.25, 0.3) is 0 Å². The molecule has 0 spiro atoms. The lowest BCUT2D eigenvalue weighted by molar-refractivity contribution is -0.133. The van der Waals surface area contributed by atoms with Crippen molar-refractivity contribution in [3.05, 3.63) is 18.3 Å². The van der Waals surface area contributed by atoms with Crippen LogP contribution in [-0.2, 0) is 14.3 Å². The Morgan fingerprint density at radius 2 is 1.68 bits per heavy atom. The van der Waals surface area contributed by atoms with Crippen LogP contribution < -0.4 is 15.5 Å². The lowest BCUT2D eigenvalue weighted by Crippen LogP contribution is -2.47. The molecule has 1 atom stereocenters. The topological polar surface area (TPSA) is 104 Å². The monoisotopic (exact) mass is 471 g/mol. The second-order valence-corrected chi connectivity index (χ2v) is 10.7. The molecule has 4 rings (SSSR count). The number of hydrogen-bond acceptors (Lipinski definition) is 7. The molecule has 0 saturated carbocycles. The molecular formula is C25H37N5O4. The maximum absolute atomic E-state index is 12.3. The first-order valence-electron chi connectivity index (χ1n) is 12.5. The van der Waals surface area contributed by atoms with E-state index in [-0.39, 0.29) is 17.9 Å². The number of carbonyl (C=O) groups excluding carboxylic acids is 3. The third-order valence-electron chi connectivity index (χ3n) is 7.05. The van der Waals surface area contributed by atoms with E-state index in [0.29, 0.717) is 24.7 Å². The van der Waals surface area contributed by atoms with Crippen LogP contribution in [0.15, 0.2) is 18.3 Å². The van der Waals surface area contributed by atoms with Crippen molar-refractivity contribution in [2.75, 3.05) is 36.4 Å². The fraction of sp³-hybridized carbons (Fsp3) is 0.680. The molecule has 1 aromatic heterocycles. The minimum atomic E-state index is -0.450. The van der Waals surface area contributed by atoms with Crippen LogP contribution in [0.3, 0.4) is 0 Å². The summed E-state index contributed by atoms with van der Waals surface area (Å²) in [6, 6.07) is 3.54. The number of aromatic nitrogens is 1. The quantitative estimate of drug-likeness (QED) is 0.650. The van der Waals surface area contributed by atoms with Gasteiger partial charge in [-0.2, -0.15) is 0 Å². The predicted octanol–water partition coefficient (Wildman–Crippen LogP) is 3.16. The van der Waals surface area contributed by atoms with Crippen molar-refractivity contribution in [2.45, 2.75) is 70.9 Å². The number of carbonyl (C=O) groups is 3. The minimum Gasteiger partial charge on any atom is -0.444 e. The Morgan fingerprint density at radius 3 is 2.24 bits per heavy atom. The van der Waals surface area contributed by atoms with E-state index in [9.17, 15) is 14.4 Å². The van der Waals surface area contributed by atoms with Crippen LogP contribution in [0.5, 0.6) is 0 Å². The van der Waals surface area contributed by atoms with Crippen molar-refractivity contribution in [3.8, 4) is 0 Å². The zero-order chi connectivity index (χ0) is 24.3. The molecule has 0 aliphatic carbocycles. The third-order valence-corrected chi connectivity index (χ3v) is 7.05. The van der Waals surface area contributed by atoms with Crippen molar-refractivity contribution < 1.29 is 19.1 Å². The summed E-state index contributed by atoms with van der Waals surface area (Å²) in [5.41, 5.74) is 0.332. The van der Waals surface area contributed by atoms with Crippen LogP contribution in [-0.4, -0.2) is 65.6 Å². The molecule has 34 heavy (non-hydrogen) atoms. The molecule has 1 aromatic rings. The van der Waals surface area contributed by atoms with Crippen LogP contribution in [0.2, 0.25) is 0 Å². The summed E-state index contributed by atoms with van der Waals surface area (Å²) in [6.07, 6.45) is 6.77. The molecule has 4 heterocycles. The van der Waals surface area contributed by atoms with Crippen LogP contribution >= 0.6 is 0 Å².